The van der Waals surface area contributed by atoms with Crippen LogP contribution in [-0.4, -0.2) is 18.6 Å². The number of anilines is 1. The van der Waals surface area contributed by atoms with E-state index in [1.54, 1.807) is 6.92 Å². The van der Waals surface area contributed by atoms with Crippen LogP contribution in [0.15, 0.2) is 12.1 Å². The highest BCUT2D eigenvalue weighted by Gasteiger charge is 2.18. The number of halogens is 3. The Kier molecular flexibility index (Phi) is 5.69. The number of benzene rings is 1. The number of esters is 1. The van der Waals surface area contributed by atoms with Crippen molar-refractivity contribution < 1.29 is 13.9 Å². The first-order valence-electron chi connectivity index (χ1n) is 5.57. The zero-order valence-electron chi connectivity index (χ0n) is 10.1. The Hall–Kier alpha value is -1.00. The molecule has 0 aromatic heterocycles. The van der Waals surface area contributed by atoms with Crippen molar-refractivity contribution >= 4 is 34.9 Å². The maximum absolute atomic E-state index is 13.2. The SMILES string of the molecule is CCOC(=O)C(CC)Nc1cc(Cl)c(F)c(Cl)c1. The van der Waals surface area contributed by atoms with Gasteiger partial charge in [-0.15, -0.1) is 0 Å². The summed E-state index contributed by atoms with van der Waals surface area (Å²) < 4.78 is 18.1. The lowest BCUT2D eigenvalue weighted by Crippen LogP contribution is -2.30. The second kappa shape index (κ2) is 6.81. The van der Waals surface area contributed by atoms with Crippen molar-refractivity contribution in [1.82, 2.24) is 0 Å². The van der Waals surface area contributed by atoms with E-state index in [9.17, 15) is 9.18 Å². The van der Waals surface area contributed by atoms with E-state index >= 15 is 0 Å². The molecule has 1 aromatic rings. The summed E-state index contributed by atoms with van der Waals surface area (Å²) in [6.07, 6.45) is 0.533. The van der Waals surface area contributed by atoms with Gasteiger partial charge in [-0.1, -0.05) is 30.1 Å². The van der Waals surface area contributed by atoms with Crippen molar-refractivity contribution in [2.45, 2.75) is 26.3 Å². The summed E-state index contributed by atoms with van der Waals surface area (Å²) in [4.78, 5) is 11.6. The molecule has 100 valence electrons. The fourth-order valence-corrected chi connectivity index (χ4v) is 1.90. The van der Waals surface area contributed by atoms with Crippen molar-refractivity contribution in [2.75, 3.05) is 11.9 Å². The van der Waals surface area contributed by atoms with Crippen LogP contribution in [0.1, 0.15) is 20.3 Å². The van der Waals surface area contributed by atoms with Crippen LogP contribution in [0.4, 0.5) is 10.1 Å². The number of rotatable bonds is 5. The molecule has 0 aliphatic rings. The Labute approximate surface area is 115 Å². The van der Waals surface area contributed by atoms with Crippen LogP contribution >= 0.6 is 23.2 Å². The van der Waals surface area contributed by atoms with Crippen molar-refractivity contribution in [3.63, 3.8) is 0 Å². The molecule has 0 aliphatic heterocycles. The third kappa shape index (κ3) is 3.75. The van der Waals surface area contributed by atoms with Crippen LogP contribution in [-0.2, 0) is 9.53 Å². The molecule has 6 heteroatoms. The maximum atomic E-state index is 13.2. The molecular formula is C12H14Cl2FNO2. The highest BCUT2D eigenvalue weighted by atomic mass is 35.5. The van der Waals surface area contributed by atoms with E-state index < -0.39 is 11.9 Å². The fraction of sp³-hybridized carbons (Fsp3) is 0.417. The minimum absolute atomic E-state index is 0.0938. The van der Waals surface area contributed by atoms with Gasteiger partial charge < -0.3 is 10.1 Å². The van der Waals surface area contributed by atoms with Gasteiger partial charge in [-0.05, 0) is 25.5 Å². The second-order valence-electron chi connectivity index (χ2n) is 3.61. The van der Waals surface area contributed by atoms with Crippen LogP contribution in [0.3, 0.4) is 0 Å². The number of ether oxygens (including phenoxy) is 1. The Morgan fingerprint density at radius 1 is 1.39 bits per heavy atom. The quantitative estimate of drug-likeness (QED) is 0.661. The smallest absolute Gasteiger partial charge is 0.328 e. The van der Waals surface area contributed by atoms with Gasteiger partial charge in [-0.3, -0.25) is 0 Å². The summed E-state index contributed by atoms with van der Waals surface area (Å²) in [7, 11) is 0. The fourth-order valence-electron chi connectivity index (χ4n) is 1.41. The van der Waals surface area contributed by atoms with Crippen LogP contribution in [0.25, 0.3) is 0 Å². The summed E-state index contributed by atoms with van der Waals surface area (Å²) in [5.74, 6) is -1.04. The Balaban J connectivity index is 2.85. The molecule has 1 aromatic carbocycles. The first-order chi connectivity index (χ1) is 8.49. The molecule has 0 aliphatic carbocycles. The van der Waals surface area contributed by atoms with Crippen molar-refractivity contribution in [3.8, 4) is 0 Å². The normalized spacial score (nSPS) is 12.1. The first-order valence-corrected chi connectivity index (χ1v) is 6.32. The monoisotopic (exact) mass is 293 g/mol. The van der Waals surface area contributed by atoms with Crippen molar-refractivity contribution in [1.29, 1.82) is 0 Å². The van der Waals surface area contributed by atoms with Crippen LogP contribution in [0.2, 0.25) is 10.0 Å². The predicted molar refractivity (Wildman–Crippen MR) is 70.8 cm³/mol. The Bertz CT molecular complexity index is 417. The van der Waals surface area contributed by atoms with E-state index in [1.807, 2.05) is 6.92 Å². The third-order valence-electron chi connectivity index (χ3n) is 2.30. The molecule has 0 bridgehead atoms. The number of carbonyl (C=O) groups excluding carboxylic acids is 1. The van der Waals surface area contributed by atoms with E-state index in [0.717, 1.165) is 0 Å². The summed E-state index contributed by atoms with van der Waals surface area (Å²) >= 11 is 11.3. The second-order valence-corrected chi connectivity index (χ2v) is 4.43. The maximum Gasteiger partial charge on any atom is 0.328 e. The van der Waals surface area contributed by atoms with Crippen LogP contribution < -0.4 is 5.32 Å². The molecule has 0 fully saturated rings. The Morgan fingerprint density at radius 3 is 2.39 bits per heavy atom. The van der Waals surface area contributed by atoms with Gasteiger partial charge in [0.2, 0.25) is 0 Å². The largest absolute Gasteiger partial charge is 0.464 e. The summed E-state index contributed by atoms with van der Waals surface area (Å²) in [6.45, 7) is 3.87. The third-order valence-corrected chi connectivity index (χ3v) is 2.85. The molecule has 3 nitrogen and oxygen atoms in total. The minimum atomic E-state index is -0.673. The lowest BCUT2D eigenvalue weighted by atomic mass is 10.2. The summed E-state index contributed by atoms with van der Waals surface area (Å²) in [5.41, 5.74) is 0.478. The van der Waals surface area contributed by atoms with Gasteiger partial charge in [0, 0.05) is 5.69 Å². The summed E-state index contributed by atoms with van der Waals surface area (Å²) in [5, 5.41) is 2.72. The van der Waals surface area contributed by atoms with Crippen molar-refractivity contribution in [2.24, 2.45) is 0 Å². The number of carbonyl (C=O) groups is 1. The van der Waals surface area contributed by atoms with Gasteiger partial charge in [-0.25, -0.2) is 9.18 Å². The van der Waals surface area contributed by atoms with E-state index in [2.05, 4.69) is 5.32 Å². The molecule has 18 heavy (non-hydrogen) atoms. The molecular weight excluding hydrogens is 280 g/mol. The average molecular weight is 294 g/mol. The number of hydrogen-bond acceptors (Lipinski definition) is 3. The molecule has 0 heterocycles. The molecule has 0 saturated carbocycles. The molecule has 1 N–H and O–H groups in total. The zero-order valence-corrected chi connectivity index (χ0v) is 11.6. The molecule has 1 atom stereocenters. The van der Waals surface area contributed by atoms with Gasteiger partial charge in [0.1, 0.15) is 6.04 Å². The predicted octanol–water partition coefficient (Wildman–Crippen LogP) is 3.89. The molecule has 1 rings (SSSR count). The molecule has 1 unspecified atom stereocenters. The van der Waals surface area contributed by atoms with E-state index in [0.29, 0.717) is 18.7 Å². The van der Waals surface area contributed by atoms with Crippen LogP contribution in [0.5, 0.6) is 0 Å². The topological polar surface area (TPSA) is 38.3 Å². The van der Waals surface area contributed by atoms with Crippen LogP contribution in [0, 0.1) is 5.82 Å². The number of nitrogens with one attached hydrogen (secondary N) is 1. The van der Waals surface area contributed by atoms with Gasteiger partial charge in [0.25, 0.3) is 0 Å². The standard InChI is InChI=1S/C12H14Cl2FNO2/c1-3-10(12(17)18-4-2)16-7-5-8(13)11(15)9(14)6-7/h5-6,10,16H,3-4H2,1-2H3. The van der Waals surface area contributed by atoms with E-state index in [-0.39, 0.29) is 16.0 Å². The average Bonchev–Trinajstić information content (AvgIpc) is 2.33. The first kappa shape index (κ1) is 15.1. The van der Waals surface area contributed by atoms with E-state index in [4.69, 9.17) is 27.9 Å². The van der Waals surface area contributed by atoms with E-state index in [1.165, 1.54) is 12.1 Å². The number of hydrogen-bond donors (Lipinski definition) is 1. The minimum Gasteiger partial charge on any atom is -0.464 e. The lowest BCUT2D eigenvalue weighted by molar-refractivity contribution is -0.144. The molecule has 0 saturated heterocycles. The Morgan fingerprint density at radius 2 is 1.94 bits per heavy atom. The highest BCUT2D eigenvalue weighted by Crippen LogP contribution is 2.27. The van der Waals surface area contributed by atoms with Gasteiger partial charge in [-0.2, -0.15) is 0 Å². The highest BCUT2D eigenvalue weighted by molar-refractivity contribution is 6.35. The zero-order chi connectivity index (χ0) is 13.7. The summed E-state index contributed by atoms with van der Waals surface area (Å²) in [6, 6.07) is 2.25. The molecule has 0 radical (unpaired) electrons. The lowest BCUT2D eigenvalue weighted by Gasteiger charge is -2.17. The molecule has 0 amide bonds. The van der Waals surface area contributed by atoms with Gasteiger partial charge >= 0.3 is 5.97 Å². The van der Waals surface area contributed by atoms with Gasteiger partial charge in [0.05, 0.1) is 16.7 Å². The van der Waals surface area contributed by atoms with Gasteiger partial charge in [0.15, 0.2) is 5.82 Å². The van der Waals surface area contributed by atoms with Crippen molar-refractivity contribution in [3.05, 3.63) is 28.0 Å². The molecule has 0 spiro atoms.